The van der Waals surface area contributed by atoms with Crippen LogP contribution in [-0.2, 0) is 6.54 Å². The molecule has 0 amide bonds. The van der Waals surface area contributed by atoms with Crippen LogP contribution >= 0.6 is 22.9 Å². The molecule has 0 aromatic carbocycles. The Labute approximate surface area is 95.2 Å². The summed E-state index contributed by atoms with van der Waals surface area (Å²) in [4.78, 5) is 0.939. The van der Waals surface area contributed by atoms with Crippen LogP contribution in [0.15, 0.2) is 11.4 Å². The van der Waals surface area contributed by atoms with Crippen LogP contribution in [0, 0.1) is 0 Å². The Morgan fingerprint density at radius 1 is 1.53 bits per heavy atom. The Hall–Kier alpha value is -0.260. The van der Waals surface area contributed by atoms with Gasteiger partial charge in [0.2, 0.25) is 0 Å². The van der Waals surface area contributed by atoms with E-state index in [2.05, 4.69) is 5.32 Å². The highest BCUT2D eigenvalue weighted by Gasteiger charge is 2.29. The van der Waals surface area contributed by atoms with Crippen molar-refractivity contribution in [2.24, 2.45) is 0 Å². The van der Waals surface area contributed by atoms with Crippen molar-refractivity contribution < 1.29 is 13.2 Å². The molecule has 0 fully saturated rings. The Balaban J connectivity index is 2.31. The van der Waals surface area contributed by atoms with Gasteiger partial charge < -0.3 is 5.32 Å². The average molecular weight is 258 g/mol. The van der Waals surface area contributed by atoms with Crippen molar-refractivity contribution in [1.82, 2.24) is 5.32 Å². The second kappa shape index (κ2) is 5.18. The van der Waals surface area contributed by atoms with E-state index in [1.807, 2.05) is 0 Å². The summed E-state index contributed by atoms with van der Waals surface area (Å²) in [6.07, 6.45) is -4.92. The number of hydrogen-bond donors (Lipinski definition) is 1. The molecule has 86 valence electrons. The Morgan fingerprint density at radius 3 is 2.67 bits per heavy atom. The zero-order chi connectivity index (χ0) is 11.5. The van der Waals surface area contributed by atoms with Crippen LogP contribution in [0.2, 0.25) is 5.02 Å². The van der Waals surface area contributed by atoms with Gasteiger partial charge in [0, 0.05) is 22.8 Å². The first-order valence-electron chi connectivity index (χ1n) is 4.40. The van der Waals surface area contributed by atoms with E-state index in [1.54, 1.807) is 11.4 Å². The summed E-state index contributed by atoms with van der Waals surface area (Å²) in [5.41, 5.74) is 0. The Morgan fingerprint density at radius 2 is 2.20 bits per heavy atom. The molecule has 1 aromatic rings. The van der Waals surface area contributed by atoms with Gasteiger partial charge in [0.25, 0.3) is 0 Å². The summed E-state index contributed by atoms with van der Waals surface area (Å²) in [5, 5.41) is 5.18. The lowest BCUT2D eigenvalue weighted by atomic mass is 10.2. The fraction of sp³-hybridized carbons (Fsp3) is 0.556. The third-order valence-corrected chi connectivity index (χ3v) is 3.07. The number of nitrogens with one attached hydrogen (secondary N) is 1. The number of thiophene rings is 1. The minimum atomic E-state index is -4.11. The smallest absolute Gasteiger partial charge is 0.309 e. The first-order valence-corrected chi connectivity index (χ1v) is 5.65. The molecular formula is C9H11ClF3NS. The van der Waals surface area contributed by atoms with E-state index in [0.29, 0.717) is 11.6 Å². The third kappa shape index (κ3) is 5.39. The van der Waals surface area contributed by atoms with Gasteiger partial charge in [0.15, 0.2) is 0 Å². The molecule has 1 heterocycles. The molecular weight excluding hydrogens is 247 g/mol. The van der Waals surface area contributed by atoms with Gasteiger partial charge in [0.1, 0.15) is 0 Å². The number of halogens is 4. The lowest BCUT2D eigenvalue weighted by molar-refractivity contribution is -0.139. The number of alkyl halides is 3. The van der Waals surface area contributed by atoms with E-state index >= 15 is 0 Å². The molecule has 1 nitrogen and oxygen atoms in total. The van der Waals surface area contributed by atoms with E-state index in [4.69, 9.17) is 11.6 Å². The molecule has 0 saturated heterocycles. The van der Waals surface area contributed by atoms with Gasteiger partial charge in [-0.1, -0.05) is 11.6 Å². The molecule has 1 aromatic heterocycles. The summed E-state index contributed by atoms with van der Waals surface area (Å²) in [7, 11) is 0. The first kappa shape index (κ1) is 12.8. The third-order valence-electron chi connectivity index (χ3n) is 1.78. The molecule has 1 N–H and O–H groups in total. The summed E-state index contributed by atoms with van der Waals surface area (Å²) in [6, 6.07) is 1.17. The van der Waals surface area contributed by atoms with Crippen molar-refractivity contribution in [2.45, 2.75) is 32.1 Å². The summed E-state index contributed by atoms with van der Waals surface area (Å²) in [6.45, 7) is 1.94. The molecule has 6 heteroatoms. The highest BCUT2D eigenvalue weighted by Crippen LogP contribution is 2.22. The predicted octanol–water partition coefficient (Wildman–Crippen LogP) is 3.83. The highest BCUT2D eigenvalue weighted by atomic mass is 35.5. The van der Waals surface area contributed by atoms with Gasteiger partial charge in [-0.2, -0.15) is 13.2 Å². The molecule has 1 rings (SSSR count). The second-order valence-electron chi connectivity index (χ2n) is 3.33. The van der Waals surface area contributed by atoms with E-state index < -0.39 is 18.6 Å². The number of rotatable bonds is 4. The fourth-order valence-electron chi connectivity index (χ4n) is 1.14. The van der Waals surface area contributed by atoms with Gasteiger partial charge >= 0.3 is 6.18 Å². The summed E-state index contributed by atoms with van der Waals surface area (Å²) < 4.78 is 35.9. The van der Waals surface area contributed by atoms with E-state index in [1.165, 1.54) is 18.3 Å². The Kier molecular flexibility index (Phi) is 4.43. The monoisotopic (exact) mass is 257 g/mol. The minimum Gasteiger partial charge on any atom is -0.309 e. The van der Waals surface area contributed by atoms with Crippen molar-refractivity contribution in [3.8, 4) is 0 Å². The lowest BCUT2D eigenvalue weighted by Gasteiger charge is -2.14. The van der Waals surface area contributed by atoms with Crippen molar-refractivity contribution in [2.75, 3.05) is 0 Å². The van der Waals surface area contributed by atoms with Gasteiger partial charge in [0.05, 0.1) is 11.4 Å². The number of hydrogen-bond acceptors (Lipinski definition) is 2. The van der Waals surface area contributed by atoms with Crippen LogP contribution in [0.1, 0.15) is 18.2 Å². The molecule has 0 aliphatic rings. The topological polar surface area (TPSA) is 12.0 Å². The van der Waals surface area contributed by atoms with Crippen LogP contribution in [0.4, 0.5) is 13.2 Å². The van der Waals surface area contributed by atoms with Crippen LogP contribution in [-0.4, -0.2) is 12.2 Å². The van der Waals surface area contributed by atoms with E-state index in [9.17, 15) is 13.2 Å². The van der Waals surface area contributed by atoms with Crippen LogP contribution < -0.4 is 5.32 Å². The second-order valence-corrected chi connectivity index (χ2v) is 4.76. The largest absolute Gasteiger partial charge is 0.390 e. The molecule has 1 unspecified atom stereocenters. The van der Waals surface area contributed by atoms with Crippen molar-refractivity contribution >= 4 is 22.9 Å². The zero-order valence-corrected chi connectivity index (χ0v) is 9.64. The highest BCUT2D eigenvalue weighted by molar-refractivity contribution is 7.10. The van der Waals surface area contributed by atoms with Crippen LogP contribution in [0.5, 0.6) is 0 Å². The van der Waals surface area contributed by atoms with Crippen LogP contribution in [0.25, 0.3) is 0 Å². The van der Waals surface area contributed by atoms with E-state index in [0.717, 1.165) is 4.88 Å². The normalized spacial score (nSPS) is 14.2. The predicted molar refractivity (Wildman–Crippen MR) is 56.3 cm³/mol. The average Bonchev–Trinajstić information content (AvgIpc) is 2.45. The SMILES string of the molecule is CC(CC(F)(F)F)NCc1cc(Cl)cs1. The summed E-state index contributed by atoms with van der Waals surface area (Å²) in [5.74, 6) is 0. The van der Waals surface area contributed by atoms with Gasteiger partial charge in [-0.05, 0) is 13.0 Å². The van der Waals surface area contributed by atoms with Gasteiger partial charge in [-0.25, -0.2) is 0 Å². The first-order chi connectivity index (χ1) is 6.87. The molecule has 0 aliphatic carbocycles. The molecule has 0 radical (unpaired) electrons. The minimum absolute atomic E-state index is 0.425. The molecule has 0 bridgehead atoms. The quantitative estimate of drug-likeness (QED) is 0.864. The van der Waals surface area contributed by atoms with Crippen molar-refractivity contribution in [3.05, 3.63) is 21.3 Å². The van der Waals surface area contributed by atoms with Gasteiger partial charge in [-0.3, -0.25) is 0 Å². The maximum absolute atomic E-state index is 12.0. The zero-order valence-electron chi connectivity index (χ0n) is 8.07. The molecule has 0 aliphatic heterocycles. The van der Waals surface area contributed by atoms with Crippen LogP contribution in [0.3, 0.4) is 0 Å². The lowest BCUT2D eigenvalue weighted by Crippen LogP contribution is -2.30. The summed E-state index contributed by atoms with van der Waals surface area (Å²) >= 11 is 7.12. The van der Waals surface area contributed by atoms with Crippen molar-refractivity contribution in [3.63, 3.8) is 0 Å². The maximum Gasteiger partial charge on any atom is 0.390 e. The van der Waals surface area contributed by atoms with E-state index in [-0.39, 0.29) is 0 Å². The maximum atomic E-state index is 12.0. The molecule has 0 spiro atoms. The molecule has 15 heavy (non-hydrogen) atoms. The van der Waals surface area contributed by atoms with Crippen molar-refractivity contribution in [1.29, 1.82) is 0 Å². The molecule has 1 atom stereocenters. The van der Waals surface area contributed by atoms with Gasteiger partial charge in [-0.15, -0.1) is 11.3 Å². The molecule has 0 saturated carbocycles. The standard InChI is InChI=1S/C9H11ClF3NS/c1-6(3-9(11,12)13)14-4-8-2-7(10)5-15-8/h2,5-6,14H,3-4H2,1H3. The fourth-order valence-corrected chi connectivity index (χ4v) is 2.16. The Bertz CT molecular complexity index is 311.